The van der Waals surface area contributed by atoms with Gasteiger partial charge in [-0.25, -0.2) is 10.4 Å². The molecular formula is C10H9N3O. The number of aliphatic imine (C=N–C) groups is 1. The van der Waals surface area contributed by atoms with E-state index in [0.717, 1.165) is 29.8 Å². The molecule has 0 saturated carbocycles. The number of amides is 1. The van der Waals surface area contributed by atoms with Gasteiger partial charge >= 0.3 is 0 Å². The number of anilines is 1. The molecule has 0 atom stereocenters. The van der Waals surface area contributed by atoms with E-state index in [1.807, 2.05) is 6.07 Å². The summed E-state index contributed by atoms with van der Waals surface area (Å²) in [5, 5.41) is 0. The zero-order chi connectivity index (χ0) is 9.54. The Morgan fingerprint density at radius 1 is 1.29 bits per heavy atom. The standard InChI is InChI=1S/C10H9N3O/c14-10-8-4-9-7(5-12-13-9)3-6(8)1-2-11-10/h2-4,12-13H,1,5H2. The first-order valence-corrected chi connectivity index (χ1v) is 4.56. The van der Waals surface area contributed by atoms with E-state index in [1.165, 1.54) is 5.56 Å². The Labute approximate surface area is 81.0 Å². The van der Waals surface area contributed by atoms with Crippen LogP contribution in [-0.2, 0) is 13.0 Å². The van der Waals surface area contributed by atoms with Gasteiger partial charge in [0.2, 0.25) is 0 Å². The van der Waals surface area contributed by atoms with Crippen LogP contribution in [0, 0.1) is 0 Å². The minimum atomic E-state index is -0.136. The predicted octanol–water partition coefficient (Wildman–Crippen LogP) is 0.884. The normalized spacial score (nSPS) is 17.6. The van der Waals surface area contributed by atoms with Crippen molar-refractivity contribution in [1.82, 2.24) is 5.43 Å². The molecule has 0 aromatic heterocycles. The van der Waals surface area contributed by atoms with Crippen LogP contribution in [0.15, 0.2) is 17.1 Å². The zero-order valence-electron chi connectivity index (χ0n) is 7.50. The van der Waals surface area contributed by atoms with Crippen LogP contribution in [0.3, 0.4) is 0 Å². The second-order valence-electron chi connectivity index (χ2n) is 3.47. The first-order chi connectivity index (χ1) is 6.84. The van der Waals surface area contributed by atoms with Crippen molar-refractivity contribution in [2.75, 3.05) is 5.43 Å². The molecule has 1 aromatic carbocycles. The Morgan fingerprint density at radius 2 is 2.21 bits per heavy atom. The number of nitrogens with one attached hydrogen (secondary N) is 2. The molecule has 4 nitrogen and oxygen atoms in total. The van der Waals surface area contributed by atoms with Crippen molar-refractivity contribution in [3.8, 4) is 0 Å². The molecule has 70 valence electrons. The fraction of sp³-hybridized carbons (Fsp3) is 0.200. The molecule has 4 heteroatoms. The third-order valence-electron chi connectivity index (χ3n) is 2.58. The van der Waals surface area contributed by atoms with Crippen LogP contribution in [0.2, 0.25) is 0 Å². The summed E-state index contributed by atoms with van der Waals surface area (Å²) in [5.74, 6) is -0.136. The summed E-state index contributed by atoms with van der Waals surface area (Å²) in [7, 11) is 0. The molecule has 3 rings (SSSR count). The van der Waals surface area contributed by atoms with E-state index in [9.17, 15) is 4.79 Å². The molecule has 0 saturated heterocycles. The van der Waals surface area contributed by atoms with Crippen molar-refractivity contribution < 1.29 is 4.79 Å². The van der Waals surface area contributed by atoms with E-state index in [1.54, 1.807) is 6.21 Å². The van der Waals surface area contributed by atoms with E-state index < -0.39 is 0 Å². The van der Waals surface area contributed by atoms with Gasteiger partial charge in [0.05, 0.1) is 5.69 Å². The summed E-state index contributed by atoms with van der Waals surface area (Å²) in [6.07, 6.45) is 2.43. The zero-order valence-corrected chi connectivity index (χ0v) is 7.50. The van der Waals surface area contributed by atoms with Gasteiger partial charge in [-0.05, 0) is 17.2 Å². The van der Waals surface area contributed by atoms with Crippen molar-refractivity contribution in [2.45, 2.75) is 13.0 Å². The molecule has 2 aliphatic heterocycles. The van der Waals surface area contributed by atoms with E-state index in [2.05, 4.69) is 21.9 Å². The number of rotatable bonds is 0. The van der Waals surface area contributed by atoms with Gasteiger partial charge in [0, 0.05) is 24.7 Å². The molecule has 0 fully saturated rings. The van der Waals surface area contributed by atoms with Crippen LogP contribution in [0.1, 0.15) is 21.5 Å². The van der Waals surface area contributed by atoms with Crippen LogP contribution < -0.4 is 10.9 Å². The van der Waals surface area contributed by atoms with Gasteiger partial charge in [0.15, 0.2) is 0 Å². The average molecular weight is 187 g/mol. The molecule has 0 aliphatic carbocycles. The summed E-state index contributed by atoms with van der Waals surface area (Å²) in [4.78, 5) is 15.2. The van der Waals surface area contributed by atoms with E-state index in [4.69, 9.17) is 0 Å². The molecule has 2 aliphatic rings. The van der Waals surface area contributed by atoms with Gasteiger partial charge in [-0.2, -0.15) is 0 Å². The second-order valence-corrected chi connectivity index (χ2v) is 3.47. The number of carbonyl (C=O) groups is 1. The van der Waals surface area contributed by atoms with Gasteiger partial charge < -0.3 is 5.43 Å². The summed E-state index contributed by atoms with van der Waals surface area (Å²) in [6, 6.07) is 3.95. The number of fused-ring (bicyclic) bond motifs is 2. The largest absolute Gasteiger partial charge is 0.321 e. The quantitative estimate of drug-likeness (QED) is 0.634. The van der Waals surface area contributed by atoms with Gasteiger partial charge in [-0.1, -0.05) is 6.07 Å². The minimum absolute atomic E-state index is 0.136. The summed E-state index contributed by atoms with van der Waals surface area (Å²) in [6.45, 7) is 0.813. The maximum absolute atomic E-state index is 11.4. The van der Waals surface area contributed by atoms with Crippen LogP contribution in [0.5, 0.6) is 0 Å². The average Bonchev–Trinajstić information content (AvgIpc) is 2.62. The molecular weight excluding hydrogens is 178 g/mol. The van der Waals surface area contributed by atoms with Crippen molar-refractivity contribution >= 4 is 17.8 Å². The Hall–Kier alpha value is -1.68. The van der Waals surface area contributed by atoms with Crippen molar-refractivity contribution in [3.63, 3.8) is 0 Å². The molecule has 0 unspecified atom stereocenters. The van der Waals surface area contributed by atoms with Crippen molar-refractivity contribution in [1.29, 1.82) is 0 Å². The Kier molecular flexibility index (Phi) is 1.46. The SMILES string of the molecule is O=C1N=CCc2cc3c(cc21)NNC3. The summed E-state index contributed by atoms with van der Waals surface area (Å²) in [5.41, 5.74) is 10.1. The third kappa shape index (κ3) is 0.975. The summed E-state index contributed by atoms with van der Waals surface area (Å²) < 4.78 is 0. The van der Waals surface area contributed by atoms with Crippen molar-refractivity contribution in [2.24, 2.45) is 4.99 Å². The Bertz CT molecular complexity index is 451. The first-order valence-electron chi connectivity index (χ1n) is 4.56. The van der Waals surface area contributed by atoms with Gasteiger partial charge in [-0.15, -0.1) is 0 Å². The lowest BCUT2D eigenvalue weighted by Crippen LogP contribution is -2.11. The maximum atomic E-state index is 11.4. The molecule has 0 radical (unpaired) electrons. The smallest absolute Gasteiger partial charge is 0.277 e. The fourth-order valence-electron chi connectivity index (χ4n) is 1.86. The van der Waals surface area contributed by atoms with E-state index in [0.29, 0.717) is 0 Å². The molecule has 1 aromatic rings. The molecule has 1 amide bonds. The van der Waals surface area contributed by atoms with Crippen LogP contribution >= 0.6 is 0 Å². The Morgan fingerprint density at radius 3 is 3.14 bits per heavy atom. The number of hydrogen-bond acceptors (Lipinski definition) is 3. The topological polar surface area (TPSA) is 53.5 Å². The molecule has 2 heterocycles. The van der Waals surface area contributed by atoms with Gasteiger partial charge in [0.1, 0.15) is 0 Å². The number of hydrogen-bond donors (Lipinski definition) is 2. The monoisotopic (exact) mass is 187 g/mol. The molecule has 0 bridgehead atoms. The van der Waals surface area contributed by atoms with Crippen LogP contribution in [0.25, 0.3) is 0 Å². The van der Waals surface area contributed by atoms with Crippen molar-refractivity contribution in [3.05, 3.63) is 28.8 Å². The highest BCUT2D eigenvalue weighted by atomic mass is 16.1. The lowest BCUT2D eigenvalue weighted by Gasteiger charge is -2.10. The van der Waals surface area contributed by atoms with Crippen LogP contribution in [-0.4, -0.2) is 12.1 Å². The Balaban J connectivity index is 2.20. The first kappa shape index (κ1) is 7.70. The number of hydrazine groups is 1. The fourth-order valence-corrected chi connectivity index (χ4v) is 1.86. The third-order valence-corrected chi connectivity index (χ3v) is 2.58. The predicted molar refractivity (Wildman–Crippen MR) is 53.4 cm³/mol. The lowest BCUT2D eigenvalue weighted by atomic mass is 9.98. The number of benzene rings is 1. The highest BCUT2D eigenvalue weighted by Gasteiger charge is 2.19. The van der Waals surface area contributed by atoms with E-state index >= 15 is 0 Å². The number of nitrogens with zero attached hydrogens (tertiary/aromatic N) is 1. The number of carbonyl (C=O) groups excluding carboxylic acids is 1. The highest BCUT2D eigenvalue weighted by molar-refractivity contribution is 6.04. The molecule has 0 spiro atoms. The van der Waals surface area contributed by atoms with Gasteiger partial charge in [-0.3, -0.25) is 4.79 Å². The molecule has 2 N–H and O–H groups in total. The highest BCUT2D eigenvalue weighted by Crippen LogP contribution is 2.26. The van der Waals surface area contributed by atoms with Crippen LogP contribution in [0.4, 0.5) is 5.69 Å². The molecule has 14 heavy (non-hydrogen) atoms. The maximum Gasteiger partial charge on any atom is 0.277 e. The second kappa shape index (κ2) is 2.65. The minimum Gasteiger partial charge on any atom is -0.321 e. The van der Waals surface area contributed by atoms with Gasteiger partial charge in [0.25, 0.3) is 5.91 Å². The van der Waals surface area contributed by atoms with E-state index in [-0.39, 0.29) is 5.91 Å². The summed E-state index contributed by atoms with van der Waals surface area (Å²) >= 11 is 0. The lowest BCUT2D eigenvalue weighted by molar-refractivity contribution is 0.100.